The summed E-state index contributed by atoms with van der Waals surface area (Å²) in [6.07, 6.45) is 0. The van der Waals surface area contributed by atoms with Gasteiger partial charge in [0.1, 0.15) is 10.6 Å². The van der Waals surface area contributed by atoms with Crippen LogP contribution >= 0.6 is 0 Å². The highest BCUT2D eigenvalue weighted by Crippen LogP contribution is 2.39. The molecule has 0 saturated carbocycles. The van der Waals surface area contributed by atoms with Crippen molar-refractivity contribution in [1.82, 2.24) is 0 Å². The van der Waals surface area contributed by atoms with Crippen molar-refractivity contribution in [1.29, 1.82) is 0 Å². The summed E-state index contributed by atoms with van der Waals surface area (Å²) in [6.45, 7) is 0. The second-order valence-corrected chi connectivity index (χ2v) is 8.45. The highest BCUT2D eigenvalue weighted by atomic mass is 32.2. The first-order chi connectivity index (χ1) is 12.6. The van der Waals surface area contributed by atoms with Gasteiger partial charge in [0.2, 0.25) is 10.0 Å². The molecule has 0 aliphatic rings. The van der Waals surface area contributed by atoms with Crippen LogP contribution in [0.1, 0.15) is 0 Å². The van der Waals surface area contributed by atoms with Gasteiger partial charge in [-0.1, -0.05) is 24.3 Å². The predicted molar refractivity (Wildman–Crippen MR) is 97.4 cm³/mol. The number of sulfonamides is 1. The zero-order valence-corrected chi connectivity index (χ0v) is 15.1. The second-order valence-electron chi connectivity index (χ2n) is 5.50. The van der Waals surface area contributed by atoms with E-state index in [1.807, 2.05) is 0 Å². The van der Waals surface area contributed by atoms with E-state index in [1.165, 1.54) is 36.4 Å². The molecular weight excluding hydrogens is 394 g/mol. The van der Waals surface area contributed by atoms with Crippen LogP contribution in [-0.4, -0.2) is 26.5 Å². The minimum absolute atomic E-state index is 0.108. The van der Waals surface area contributed by atoms with E-state index in [2.05, 4.69) is 10.2 Å². The van der Waals surface area contributed by atoms with Crippen LogP contribution in [0.3, 0.4) is 0 Å². The number of benzene rings is 3. The number of hydrogen-bond donors (Lipinski definition) is 3. The Kier molecular flexibility index (Phi) is 4.70. The molecule has 0 amide bonds. The van der Waals surface area contributed by atoms with Gasteiger partial charge < -0.3 is 5.11 Å². The number of hydrogen-bond acceptors (Lipinski definition) is 7. The molecule has 0 aliphatic carbocycles. The van der Waals surface area contributed by atoms with E-state index < -0.39 is 25.0 Å². The van der Waals surface area contributed by atoms with Gasteiger partial charge in [0.15, 0.2) is 5.75 Å². The number of nitrogens with two attached hydrogens (primary N) is 1. The Hall–Kier alpha value is -2.86. The average molecular weight is 407 g/mol. The van der Waals surface area contributed by atoms with Crippen LogP contribution in [0.15, 0.2) is 74.6 Å². The van der Waals surface area contributed by atoms with Crippen LogP contribution in [0.4, 0.5) is 11.4 Å². The quantitative estimate of drug-likeness (QED) is 0.445. The number of primary sulfonamides is 1. The minimum atomic E-state index is -4.57. The van der Waals surface area contributed by atoms with Crippen LogP contribution < -0.4 is 5.14 Å². The molecule has 4 N–H and O–H groups in total. The highest BCUT2D eigenvalue weighted by molar-refractivity contribution is 7.89. The number of aromatic hydroxyl groups is 1. The third kappa shape index (κ3) is 3.95. The van der Waals surface area contributed by atoms with Gasteiger partial charge in [-0.2, -0.15) is 13.5 Å². The summed E-state index contributed by atoms with van der Waals surface area (Å²) < 4.78 is 55.2. The molecule has 0 unspecified atom stereocenters. The van der Waals surface area contributed by atoms with Crippen molar-refractivity contribution in [2.75, 3.05) is 0 Å². The Bertz CT molecular complexity index is 1270. The first-order valence-corrected chi connectivity index (χ1v) is 10.3. The van der Waals surface area contributed by atoms with Crippen molar-refractivity contribution < 1.29 is 26.5 Å². The zero-order valence-electron chi connectivity index (χ0n) is 13.5. The van der Waals surface area contributed by atoms with Crippen LogP contribution in [0.5, 0.6) is 5.75 Å². The van der Waals surface area contributed by atoms with E-state index in [0.717, 1.165) is 6.07 Å². The van der Waals surface area contributed by atoms with Gasteiger partial charge in [0, 0.05) is 10.8 Å². The molecule has 0 atom stereocenters. The van der Waals surface area contributed by atoms with Crippen molar-refractivity contribution >= 4 is 42.3 Å². The van der Waals surface area contributed by atoms with Crippen molar-refractivity contribution in [3.8, 4) is 5.75 Å². The normalized spacial score (nSPS) is 12.7. The van der Waals surface area contributed by atoms with E-state index in [9.17, 15) is 26.5 Å². The SMILES string of the molecule is NS(=O)(=O)c1ccc(N=Nc2cc(S(=O)(=O)O)c3ccccc3c2O)cc1. The van der Waals surface area contributed by atoms with Crippen LogP contribution in [0.2, 0.25) is 0 Å². The van der Waals surface area contributed by atoms with E-state index >= 15 is 0 Å². The number of nitrogens with zero attached hydrogens (tertiary/aromatic N) is 2. The highest BCUT2D eigenvalue weighted by Gasteiger charge is 2.19. The smallest absolute Gasteiger partial charge is 0.295 e. The lowest BCUT2D eigenvalue weighted by atomic mass is 10.1. The number of azo groups is 1. The fraction of sp³-hybridized carbons (Fsp3) is 0. The Morgan fingerprint density at radius 1 is 0.852 bits per heavy atom. The maximum Gasteiger partial charge on any atom is 0.295 e. The zero-order chi connectivity index (χ0) is 19.8. The fourth-order valence-corrected chi connectivity index (χ4v) is 3.65. The standard InChI is InChI=1S/C16H13N3O6S2/c17-26(21,22)11-7-5-10(6-8-11)18-19-14-9-15(27(23,24)25)12-3-1-2-4-13(12)16(14)20/h1-9,20H,(H2,17,21,22)(H,23,24,25). The molecule has 3 aromatic carbocycles. The van der Waals surface area contributed by atoms with Crippen LogP contribution in [-0.2, 0) is 20.1 Å². The summed E-state index contributed by atoms with van der Waals surface area (Å²) in [5.41, 5.74) is 0.0558. The van der Waals surface area contributed by atoms with Crippen molar-refractivity contribution in [3.05, 3.63) is 54.6 Å². The molecule has 0 spiro atoms. The van der Waals surface area contributed by atoms with Gasteiger partial charge in [-0.05, 0) is 30.3 Å². The molecule has 140 valence electrons. The van der Waals surface area contributed by atoms with Crippen LogP contribution in [0.25, 0.3) is 10.8 Å². The molecule has 3 aromatic rings. The molecule has 0 fully saturated rings. The van der Waals surface area contributed by atoms with E-state index in [0.29, 0.717) is 0 Å². The first-order valence-electron chi connectivity index (χ1n) is 7.34. The molecule has 0 bridgehead atoms. The summed E-state index contributed by atoms with van der Waals surface area (Å²) >= 11 is 0. The van der Waals surface area contributed by atoms with Gasteiger partial charge in [-0.3, -0.25) is 4.55 Å². The van der Waals surface area contributed by atoms with Gasteiger partial charge in [0.05, 0.1) is 10.6 Å². The largest absolute Gasteiger partial charge is 0.505 e. The van der Waals surface area contributed by atoms with Crippen LogP contribution in [0, 0.1) is 0 Å². The third-order valence-corrected chi connectivity index (χ3v) is 5.50. The lowest BCUT2D eigenvalue weighted by Gasteiger charge is -2.08. The van der Waals surface area contributed by atoms with Crippen molar-refractivity contribution in [2.24, 2.45) is 15.4 Å². The molecule has 0 radical (unpaired) electrons. The molecule has 0 heterocycles. The van der Waals surface area contributed by atoms with E-state index in [4.69, 9.17) is 5.14 Å². The van der Waals surface area contributed by atoms with Gasteiger partial charge in [-0.25, -0.2) is 13.6 Å². The molecule has 3 rings (SSSR count). The monoisotopic (exact) mass is 407 g/mol. The topological polar surface area (TPSA) is 159 Å². The first kappa shape index (κ1) is 18.9. The van der Waals surface area contributed by atoms with Gasteiger partial charge in [-0.15, -0.1) is 5.11 Å². The lowest BCUT2D eigenvalue weighted by molar-refractivity contribution is 0.480. The predicted octanol–water partition coefficient (Wildman–Crippen LogP) is 2.85. The van der Waals surface area contributed by atoms with Crippen molar-refractivity contribution in [3.63, 3.8) is 0 Å². The number of rotatable bonds is 4. The van der Waals surface area contributed by atoms with Gasteiger partial charge >= 0.3 is 0 Å². The fourth-order valence-electron chi connectivity index (χ4n) is 2.42. The Morgan fingerprint density at radius 2 is 1.44 bits per heavy atom. The Morgan fingerprint density at radius 3 is 2.00 bits per heavy atom. The van der Waals surface area contributed by atoms with Gasteiger partial charge in [0.25, 0.3) is 10.1 Å². The van der Waals surface area contributed by atoms with E-state index in [-0.39, 0.29) is 32.8 Å². The third-order valence-electron chi connectivity index (χ3n) is 3.67. The minimum Gasteiger partial charge on any atom is -0.505 e. The molecule has 0 aliphatic heterocycles. The Balaban J connectivity index is 2.10. The molecule has 0 saturated heterocycles. The molecule has 27 heavy (non-hydrogen) atoms. The summed E-state index contributed by atoms with van der Waals surface area (Å²) in [7, 11) is -8.41. The molecule has 9 nitrogen and oxygen atoms in total. The Labute approximate surface area is 154 Å². The molecule has 0 aromatic heterocycles. The average Bonchev–Trinajstić information content (AvgIpc) is 2.60. The summed E-state index contributed by atoms with van der Waals surface area (Å²) in [4.78, 5) is -0.530. The molecular formula is C16H13N3O6S2. The van der Waals surface area contributed by atoms with Crippen molar-refractivity contribution in [2.45, 2.75) is 9.79 Å². The summed E-state index contributed by atoms with van der Waals surface area (Å²) in [5.74, 6) is -0.317. The molecule has 11 heteroatoms. The second kappa shape index (κ2) is 6.70. The summed E-state index contributed by atoms with van der Waals surface area (Å²) in [5, 5.41) is 23.3. The maximum absolute atomic E-state index is 11.6. The lowest BCUT2D eigenvalue weighted by Crippen LogP contribution is -2.11. The number of phenols is 1. The van der Waals surface area contributed by atoms with E-state index in [1.54, 1.807) is 12.1 Å². The number of fused-ring (bicyclic) bond motifs is 1. The number of phenolic OH excluding ortho intramolecular Hbond substituents is 1. The summed E-state index contributed by atoms with van der Waals surface area (Å²) in [6, 6.07) is 12.2. The maximum atomic E-state index is 11.6.